The molecule has 0 aliphatic heterocycles. The van der Waals surface area contributed by atoms with Crippen molar-refractivity contribution in [3.05, 3.63) is 52.6 Å². The molecule has 0 saturated heterocycles. The van der Waals surface area contributed by atoms with Crippen LogP contribution in [-0.2, 0) is 0 Å². The minimum Gasteiger partial charge on any atom is -0.495 e. The van der Waals surface area contributed by atoms with Crippen LogP contribution in [0, 0.1) is 0 Å². The summed E-state index contributed by atoms with van der Waals surface area (Å²) in [6.45, 7) is 0. The highest BCUT2D eigenvalue weighted by Gasteiger charge is 2.11. The van der Waals surface area contributed by atoms with Crippen LogP contribution in [0.1, 0.15) is 10.4 Å². The molecule has 0 bridgehead atoms. The second-order valence-corrected chi connectivity index (χ2v) is 5.39. The molecule has 0 spiro atoms. The Morgan fingerprint density at radius 3 is 2.95 bits per heavy atom. The number of anilines is 1. The van der Waals surface area contributed by atoms with Crippen molar-refractivity contribution in [3.8, 4) is 5.75 Å². The van der Waals surface area contributed by atoms with Gasteiger partial charge in [-0.1, -0.05) is 22.0 Å². The number of amides is 1. The van der Waals surface area contributed by atoms with Gasteiger partial charge in [0.15, 0.2) is 0 Å². The number of ether oxygens (including phenoxy) is 1. The molecule has 0 atom stereocenters. The van der Waals surface area contributed by atoms with E-state index >= 15 is 0 Å². The number of H-pyrrole nitrogens is 1. The molecule has 5 nitrogen and oxygen atoms in total. The highest BCUT2D eigenvalue weighted by Crippen LogP contribution is 2.28. The molecular weight excluding hydrogens is 334 g/mol. The number of methoxy groups -OCH3 is 1. The summed E-state index contributed by atoms with van der Waals surface area (Å²) >= 11 is 3.38. The number of rotatable bonds is 3. The second kappa shape index (κ2) is 5.57. The molecule has 1 heterocycles. The lowest BCUT2D eigenvalue weighted by Crippen LogP contribution is -2.12. The first-order valence-corrected chi connectivity index (χ1v) is 7.05. The van der Waals surface area contributed by atoms with Crippen molar-refractivity contribution < 1.29 is 9.53 Å². The summed E-state index contributed by atoms with van der Waals surface area (Å²) in [7, 11) is 1.57. The van der Waals surface area contributed by atoms with Crippen molar-refractivity contribution in [1.82, 2.24) is 10.2 Å². The maximum atomic E-state index is 12.3. The molecule has 1 aromatic heterocycles. The van der Waals surface area contributed by atoms with E-state index in [0.29, 0.717) is 17.0 Å². The van der Waals surface area contributed by atoms with E-state index in [4.69, 9.17) is 4.74 Å². The molecule has 0 aliphatic rings. The lowest BCUT2D eigenvalue weighted by Gasteiger charge is -2.10. The van der Waals surface area contributed by atoms with Gasteiger partial charge in [-0.05, 0) is 30.3 Å². The largest absolute Gasteiger partial charge is 0.495 e. The Hall–Kier alpha value is -2.34. The summed E-state index contributed by atoms with van der Waals surface area (Å²) in [5, 5.41) is 10.6. The minimum atomic E-state index is -0.206. The van der Waals surface area contributed by atoms with Crippen molar-refractivity contribution in [2.75, 3.05) is 12.4 Å². The number of hydrogen-bond donors (Lipinski definition) is 2. The third-order valence-electron chi connectivity index (χ3n) is 3.11. The Labute approximate surface area is 129 Å². The van der Waals surface area contributed by atoms with E-state index in [-0.39, 0.29) is 5.91 Å². The molecule has 0 unspecified atom stereocenters. The molecule has 3 aromatic rings. The van der Waals surface area contributed by atoms with Crippen molar-refractivity contribution >= 4 is 38.4 Å². The van der Waals surface area contributed by atoms with Gasteiger partial charge < -0.3 is 10.1 Å². The molecular formula is C15H12BrN3O2. The van der Waals surface area contributed by atoms with Crippen LogP contribution < -0.4 is 10.1 Å². The van der Waals surface area contributed by atoms with E-state index in [2.05, 4.69) is 31.4 Å². The van der Waals surface area contributed by atoms with Gasteiger partial charge in [-0.2, -0.15) is 5.10 Å². The first-order chi connectivity index (χ1) is 10.2. The molecule has 1 amide bonds. The average Bonchev–Trinajstić information content (AvgIpc) is 2.94. The highest BCUT2D eigenvalue weighted by atomic mass is 79.9. The van der Waals surface area contributed by atoms with Gasteiger partial charge in [-0.3, -0.25) is 9.89 Å². The van der Waals surface area contributed by atoms with Crippen LogP contribution in [0.5, 0.6) is 5.75 Å². The molecule has 21 heavy (non-hydrogen) atoms. The average molecular weight is 346 g/mol. The third kappa shape index (κ3) is 2.75. The maximum Gasteiger partial charge on any atom is 0.255 e. The van der Waals surface area contributed by atoms with E-state index < -0.39 is 0 Å². The van der Waals surface area contributed by atoms with Crippen LogP contribution in [0.25, 0.3) is 10.9 Å². The molecule has 0 fully saturated rings. The highest BCUT2D eigenvalue weighted by molar-refractivity contribution is 9.10. The molecule has 0 aliphatic carbocycles. The van der Waals surface area contributed by atoms with Gasteiger partial charge in [-0.15, -0.1) is 0 Å². The van der Waals surface area contributed by atoms with Crippen molar-refractivity contribution in [1.29, 1.82) is 0 Å². The summed E-state index contributed by atoms with van der Waals surface area (Å²) in [5.74, 6) is 0.400. The van der Waals surface area contributed by atoms with Crippen molar-refractivity contribution in [3.63, 3.8) is 0 Å². The number of nitrogens with one attached hydrogen (secondary N) is 2. The first-order valence-electron chi connectivity index (χ1n) is 6.25. The standard InChI is InChI=1S/C15H12BrN3O2/c1-21-14-5-4-11(16)7-13(14)18-15(20)9-2-3-10-8-17-19-12(10)6-9/h2-8H,1H3,(H,17,19)(H,18,20). The van der Waals surface area contributed by atoms with Crippen LogP contribution in [0.2, 0.25) is 0 Å². The van der Waals surface area contributed by atoms with Crippen LogP contribution >= 0.6 is 15.9 Å². The predicted molar refractivity (Wildman–Crippen MR) is 84.7 cm³/mol. The Balaban J connectivity index is 1.90. The topological polar surface area (TPSA) is 67.0 Å². The van der Waals surface area contributed by atoms with E-state index in [9.17, 15) is 4.79 Å². The monoisotopic (exact) mass is 345 g/mol. The van der Waals surface area contributed by atoms with E-state index in [1.807, 2.05) is 12.1 Å². The zero-order chi connectivity index (χ0) is 14.8. The summed E-state index contributed by atoms with van der Waals surface area (Å²) in [6.07, 6.45) is 1.72. The van der Waals surface area contributed by atoms with Gasteiger partial charge in [0.2, 0.25) is 0 Å². The van der Waals surface area contributed by atoms with Crippen molar-refractivity contribution in [2.45, 2.75) is 0 Å². The van der Waals surface area contributed by atoms with Gasteiger partial charge in [0, 0.05) is 15.4 Å². The quantitative estimate of drug-likeness (QED) is 0.762. The van der Waals surface area contributed by atoms with Gasteiger partial charge in [0.25, 0.3) is 5.91 Å². The Morgan fingerprint density at radius 2 is 2.14 bits per heavy atom. The molecule has 0 saturated carbocycles. The van der Waals surface area contributed by atoms with Gasteiger partial charge in [0.05, 0.1) is 24.5 Å². The fourth-order valence-electron chi connectivity index (χ4n) is 2.05. The number of fused-ring (bicyclic) bond motifs is 1. The predicted octanol–water partition coefficient (Wildman–Crippen LogP) is 3.59. The number of carbonyl (C=O) groups is 1. The summed E-state index contributed by atoms with van der Waals surface area (Å²) in [4.78, 5) is 12.3. The number of halogens is 1. The number of carbonyl (C=O) groups excluding carboxylic acids is 1. The fraction of sp³-hybridized carbons (Fsp3) is 0.0667. The maximum absolute atomic E-state index is 12.3. The van der Waals surface area contributed by atoms with Gasteiger partial charge >= 0.3 is 0 Å². The molecule has 2 aromatic carbocycles. The Bertz CT molecular complexity index is 814. The van der Waals surface area contributed by atoms with E-state index in [0.717, 1.165) is 15.4 Å². The molecule has 0 radical (unpaired) electrons. The lowest BCUT2D eigenvalue weighted by atomic mass is 10.1. The van der Waals surface area contributed by atoms with Crippen LogP contribution in [0.15, 0.2) is 47.1 Å². The van der Waals surface area contributed by atoms with Crippen molar-refractivity contribution in [2.24, 2.45) is 0 Å². The number of aromatic nitrogens is 2. The third-order valence-corrected chi connectivity index (χ3v) is 3.61. The van der Waals surface area contributed by atoms with E-state index in [1.54, 1.807) is 37.6 Å². The van der Waals surface area contributed by atoms with Gasteiger partial charge in [0.1, 0.15) is 5.75 Å². The fourth-order valence-corrected chi connectivity index (χ4v) is 2.41. The van der Waals surface area contributed by atoms with Crippen LogP contribution in [-0.4, -0.2) is 23.2 Å². The number of nitrogens with zero attached hydrogens (tertiary/aromatic N) is 1. The first kappa shape index (κ1) is 13.6. The van der Waals surface area contributed by atoms with Gasteiger partial charge in [-0.25, -0.2) is 0 Å². The molecule has 2 N–H and O–H groups in total. The molecule has 3 rings (SSSR count). The second-order valence-electron chi connectivity index (χ2n) is 4.47. The normalized spacial score (nSPS) is 10.6. The van der Waals surface area contributed by atoms with Crippen LogP contribution in [0.4, 0.5) is 5.69 Å². The number of aromatic amines is 1. The minimum absolute atomic E-state index is 0.206. The summed E-state index contributed by atoms with van der Waals surface area (Å²) in [5.41, 5.74) is 1.99. The zero-order valence-electron chi connectivity index (χ0n) is 11.2. The summed E-state index contributed by atoms with van der Waals surface area (Å²) < 4.78 is 6.11. The van der Waals surface area contributed by atoms with E-state index in [1.165, 1.54) is 0 Å². The lowest BCUT2D eigenvalue weighted by molar-refractivity contribution is 0.102. The molecule has 6 heteroatoms. The Kier molecular flexibility index (Phi) is 3.62. The summed E-state index contributed by atoms with van der Waals surface area (Å²) in [6, 6.07) is 10.8. The van der Waals surface area contributed by atoms with Crippen LogP contribution in [0.3, 0.4) is 0 Å². The molecule has 106 valence electrons. The number of benzene rings is 2. The Morgan fingerprint density at radius 1 is 1.29 bits per heavy atom. The SMILES string of the molecule is COc1ccc(Br)cc1NC(=O)c1ccc2cn[nH]c2c1. The smallest absolute Gasteiger partial charge is 0.255 e. The zero-order valence-corrected chi connectivity index (χ0v) is 12.8. The number of hydrogen-bond acceptors (Lipinski definition) is 3.